The fourth-order valence-corrected chi connectivity index (χ4v) is 4.62. The van der Waals surface area contributed by atoms with Gasteiger partial charge in [-0.15, -0.1) is 0 Å². The van der Waals surface area contributed by atoms with Crippen LogP contribution in [0.3, 0.4) is 0 Å². The Kier molecular flexibility index (Phi) is 6.17. The summed E-state index contributed by atoms with van der Waals surface area (Å²) in [6, 6.07) is 8.81. The van der Waals surface area contributed by atoms with Gasteiger partial charge in [0.05, 0.1) is 17.6 Å². The third kappa shape index (κ3) is 4.60. The topological polar surface area (TPSA) is 87.5 Å². The molecule has 0 aliphatic carbocycles. The summed E-state index contributed by atoms with van der Waals surface area (Å²) in [6.07, 6.45) is 1.66. The molecule has 28 heavy (non-hydrogen) atoms. The van der Waals surface area contributed by atoms with Gasteiger partial charge in [-0.2, -0.15) is 9.40 Å². The summed E-state index contributed by atoms with van der Waals surface area (Å²) in [4.78, 5) is 14.6. The van der Waals surface area contributed by atoms with Crippen molar-refractivity contribution < 1.29 is 13.2 Å². The Labute approximate surface area is 166 Å². The summed E-state index contributed by atoms with van der Waals surface area (Å²) in [5.41, 5.74) is 1.02. The Bertz CT molecular complexity index is 913. The van der Waals surface area contributed by atoms with Crippen molar-refractivity contribution in [2.24, 2.45) is 0 Å². The van der Waals surface area contributed by atoms with Crippen molar-refractivity contribution >= 4 is 21.7 Å². The maximum Gasteiger partial charge on any atom is 0.243 e. The van der Waals surface area contributed by atoms with Crippen molar-refractivity contribution in [2.75, 3.05) is 38.0 Å². The number of nitrogens with zero attached hydrogens (tertiary/aromatic N) is 4. The summed E-state index contributed by atoms with van der Waals surface area (Å²) >= 11 is 0. The van der Waals surface area contributed by atoms with Gasteiger partial charge in [0.2, 0.25) is 15.9 Å². The Morgan fingerprint density at radius 2 is 1.75 bits per heavy atom. The van der Waals surface area contributed by atoms with Gasteiger partial charge in [0.1, 0.15) is 5.82 Å². The summed E-state index contributed by atoms with van der Waals surface area (Å²) in [5.74, 6) is 0.540. The molecule has 2 aromatic rings. The summed E-state index contributed by atoms with van der Waals surface area (Å²) in [6.45, 7) is 7.91. The zero-order chi connectivity index (χ0) is 20.3. The van der Waals surface area contributed by atoms with Crippen LogP contribution in [0.1, 0.15) is 25.5 Å². The minimum atomic E-state index is -3.49. The number of sulfonamides is 1. The highest BCUT2D eigenvalue weighted by molar-refractivity contribution is 7.89. The molecule has 1 amide bonds. The number of aryl methyl sites for hydroxylation is 1. The molecule has 8 nitrogen and oxygen atoms in total. The second-order valence-corrected chi connectivity index (χ2v) is 9.23. The SMILES string of the molecule is Cc1ccc(S(=O)(=O)N2CCN(CC(=O)Nc3ccnn3C(C)C)CC2)cc1. The first kappa shape index (κ1) is 20.5. The first-order valence-corrected chi connectivity index (χ1v) is 10.8. The van der Waals surface area contributed by atoms with Crippen LogP contribution >= 0.6 is 0 Å². The predicted molar refractivity (Wildman–Crippen MR) is 108 cm³/mol. The van der Waals surface area contributed by atoms with Gasteiger partial charge >= 0.3 is 0 Å². The second kappa shape index (κ2) is 8.42. The van der Waals surface area contributed by atoms with Crippen molar-refractivity contribution in [1.29, 1.82) is 0 Å². The molecule has 1 aliphatic heterocycles. The smallest absolute Gasteiger partial charge is 0.243 e. The number of piperazine rings is 1. The minimum Gasteiger partial charge on any atom is -0.310 e. The number of rotatable bonds is 6. The molecule has 0 atom stereocenters. The maximum absolute atomic E-state index is 12.8. The zero-order valence-corrected chi connectivity index (χ0v) is 17.3. The van der Waals surface area contributed by atoms with E-state index in [9.17, 15) is 13.2 Å². The number of carbonyl (C=O) groups excluding carboxylic acids is 1. The summed E-state index contributed by atoms with van der Waals surface area (Å²) < 4.78 is 28.8. The van der Waals surface area contributed by atoms with E-state index >= 15 is 0 Å². The van der Waals surface area contributed by atoms with Gasteiger partial charge in [-0.05, 0) is 32.9 Å². The van der Waals surface area contributed by atoms with Crippen LogP contribution in [0.4, 0.5) is 5.82 Å². The molecule has 1 aromatic carbocycles. The zero-order valence-electron chi connectivity index (χ0n) is 16.5. The number of hydrogen-bond donors (Lipinski definition) is 1. The van der Waals surface area contributed by atoms with Gasteiger partial charge in [-0.1, -0.05) is 17.7 Å². The van der Waals surface area contributed by atoms with E-state index in [1.807, 2.05) is 25.7 Å². The summed E-state index contributed by atoms with van der Waals surface area (Å²) in [7, 11) is -3.49. The fourth-order valence-electron chi connectivity index (χ4n) is 3.20. The number of amides is 1. The largest absolute Gasteiger partial charge is 0.310 e. The molecule has 0 spiro atoms. The van der Waals surface area contributed by atoms with Gasteiger partial charge in [0, 0.05) is 38.3 Å². The molecule has 9 heteroatoms. The van der Waals surface area contributed by atoms with Crippen molar-refractivity contribution in [3.05, 3.63) is 42.1 Å². The van der Waals surface area contributed by atoms with Crippen LogP contribution in [0.2, 0.25) is 0 Å². The molecule has 2 heterocycles. The highest BCUT2D eigenvalue weighted by Gasteiger charge is 2.29. The van der Waals surface area contributed by atoms with E-state index in [-0.39, 0.29) is 18.5 Å². The number of hydrogen-bond acceptors (Lipinski definition) is 5. The molecule has 152 valence electrons. The number of nitrogens with one attached hydrogen (secondary N) is 1. The quantitative estimate of drug-likeness (QED) is 0.791. The van der Waals surface area contributed by atoms with E-state index in [0.29, 0.717) is 36.9 Å². The monoisotopic (exact) mass is 405 g/mol. The average Bonchev–Trinajstić information content (AvgIpc) is 3.11. The van der Waals surface area contributed by atoms with Crippen LogP contribution in [0.25, 0.3) is 0 Å². The van der Waals surface area contributed by atoms with E-state index in [2.05, 4.69) is 10.4 Å². The Morgan fingerprint density at radius 1 is 1.11 bits per heavy atom. The number of anilines is 1. The van der Waals surface area contributed by atoms with Gasteiger partial charge < -0.3 is 5.32 Å². The molecule has 0 saturated carbocycles. The fraction of sp³-hybridized carbons (Fsp3) is 0.474. The molecule has 0 bridgehead atoms. The van der Waals surface area contributed by atoms with Gasteiger partial charge in [-0.25, -0.2) is 13.1 Å². The van der Waals surface area contributed by atoms with Crippen LogP contribution in [-0.4, -0.2) is 66.0 Å². The molecule has 1 N–H and O–H groups in total. The number of carbonyl (C=O) groups is 1. The van der Waals surface area contributed by atoms with Crippen LogP contribution < -0.4 is 5.32 Å². The van der Waals surface area contributed by atoms with E-state index in [1.54, 1.807) is 41.2 Å². The van der Waals surface area contributed by atoms with Crippen LogP contribution in [0.15, 0.2) is 41.4 Å². The molecule has 1 aliphatic rings. The summed E-state index contributed by atoms with van der Waals surface area (Å²) in [5, 5.41) is 7.08. The lowest BCUT2D eigenvalue weighted by Crippen LogP contribution is -2.50. The van der Waals surface area contributed by atoms with E-state index in [0.717, 1.165) is 5.56 Å². The van der Waals surface area contributed by atoms with Crippen molar-refractivity contribution in [3.8, 4) is 0 Å². The lowest BCUT2D eigenvalue weighted by Gasteiger charge is -2.33. The first-order chi connectivity index (χ1) is 13.3. The third-order valence-corrected chi connectivity index (χ3v) is 6.70. The molecule has 3 rings (SSSR count). The molecule has 0 radical (unpaired) electrons. The molecular weight excluding hydrogens is 378 g/mol. The normalized spacial score (nSPS) is 16.4. The number of benzene rings is 1. The molecule has 1 fully saturated rings. The highest BCUT2D eigenvalue weighted by atomic mass is 32.2. The van der Waals surface area contributed by atoms with Crippen LogP contribution in [0.5, 0.6) is 0 Å². The Hall–Kier alpha value is -2.23. The Morgan fingerprint density at radius 3 is 2.36 bits per heavy atom. The van der Waals surface area contributed by atoms with Crippen LogP contribution in [0, 0.1) is 6.92 Å². The standard InChI is InChI=1S/C19H27N5O3S/c1-15(2)24-18(8-9-20-24)21-19(25)14-22-10-12-23(13-11-22)28(26,27)17-6-4-16(3)5-7-17/h4-9,15H,10-14H2,1-3H3,(H,21,25). The molecule has 1 saturated heterocycles. The van der Waals surface area contributed by atoms with E-state index in [1.165, 1.54) is 4.31 Å². The van der Waals surface area contributed by atoms with E-state index < -0.39 is 10.0 Å². The third-order valence-electron chi connectivity index (χ3n) is 4.78. The Balaban J connectivity index is 1.54. The predicted octanol–water partition coefficient (Wildman–Crippen LogP) is 1.72. The van der Waals surface area contributed by atoms with Crippen LogP contribution in [-0.2, 0) is 14.8 Å². The van der Waals surface area contributed by atoms with Crippen molar-refractivity contribution in [1.82, 2.24) is 19.0 Å². The molecule has 1 aromatic heterocycles. The minimum absolute atomic E-state index is 0.128. The van der Waals surface area contributed by atoms with Gasteiger partial charge in [0.15, 0.2) is 0 Å². The average molecular weight is 406 g/mol. The van der Waals surface area contributed by atoms with E-state index in [4.69, 9.17) is 0 Å². The maximum atomic E-state index is 12.8. The van der Waals surface area contributed by atoms with Gasteiger partial charge in [-0.3, -0.25) is 9.69 Å². The van der Waals surface area contributed by atoms with Crippen molar-refractivity contribution in [2.45, 2.75) is 31.7 Å². The first-order valence-electron chi connectivity index (χ1n) is 9.40. The lowest BCUT2D eigenvalue weighted by molar-refractivity contribution is -0.117. The molecular formula is C19H27N5O3S. The number of aromatic nitrogens is 2. The van der Waals surface area contributed by atoms with Gasteiger partial charge in [0.25, 0.3) is 0 Å². The lowest BCUT2D eigenvalue weighted by atomic mass is 10.2. The van der Waals surface area contributed by atoms with Crippen molar-refractivity contribution in [3.63, 3.8) is 0 Å². The highest BCUT2D eigenvalue weighted by Crippen LogP contribution is 2.18. The molecule has 0 unspecified atom stereocenters. The second-order valence-electron chi connectivity index (χ2n) is 7.30.